The topological polar surface area (TPSA) is 37.3 Å². The summed E-state index contributed by atoms with van der Waals surface area (Å²) in [4.78, 5) is 12.1. The minimum atomic E-state index is -0.719. The number of hydrogen-bond donors (Lipinski definition) is 1. The van der Waals surface area contributed by atoms with E-state index in [2.05, 4.69) is 36.4 Å². The van der Waals surface area contributed by atoms with Gasteiger partial charge in [-0.2, -0.15) is 19.8 Å². The molecule has 2 nitrogen and oxygen atoms in total. The van der Waals surface area contributed by atoms with Crippen LogP contribution in [0.15, 0.2) is 91.0 Å². The summed E-state index contributed by atoms with van der Waals surface area (Å²) in [7, 11) is 0. The first-order valence-electron chi connectivity index (χ1n) is 9.58. The van der Waals surface area contributed by atoms with E-state index >= 15 is 0 Å². The Hall–Kier alpha value is -1.53. The van der Waals surface area contributed by atoms with Crippen molar-refractivity contribution < 1.29 is 9.90 Å². The van der Waals surface area contributed by atoms with Crippen molar-refractivity contribution in [2.24, 2.45) is 5.92 Å². The molecule has 5 heteroatoms. The van der Waals surface area contributed by atoms with E-state index in [1.807, 2.05) is 61.5 Å². The molecule has 3 unspecified atom stereocenters. The summed E-state index contributed by atoms with van der Waals surface area (Å²) in [5, 5.41) is 9.91. The van der Waals surface area contributed by atoms with Crippen LogP contribution in [0.25, 0.3) is 0 Å². The normalized spacial score (nSPS) is 11.2. The number of hydrogen-bond acceptors (Lipinski definition) is 1. The molecule has 0 aliphatic rings. The largest absolute Gasteiger partial charge is 0.481 e. The van der Waals surface area contributed by atoms with E-state index in [1.54, 1.807) is 0 Å². The standard InChI is InChI=1S/C25H26O2.BrH.2H3P/c1-2-12-20(24(26)27)19-25(21-13-6-3-7-14-21,22-15-8-4-9-16-22)23-17-10-5-11-18-23;;;/h3-11,13-18,20H,2,12,19H2,1H3,(H,26,27);1H;2*1H3. The van der Waals surface area contributed by atoms with Crippen molar-refractivity contribution in [2.75, 3.05) is 0 Å². The molecule has 0 saturated heterocycles. The summed E-state index contributed by atoms with van der Waals surface area (Å²) >= 11 is 0. The third-order valence-corrected chi connectivity index (χ3v) is 5.34. The Bertz CT molecular complexity index is 761. The van der Waals surface area contributed by atoms with Crippen molar-refractivity contribution in [1.29, 1.82) is 0 Å². The molecule has 0 heterocycles. The van der Waals surface area contributed by atoms with Crippen LogP contribution in [0.4, 0.5) is 0 Å². The molecule has 0 aliphatic heterocycles. The molecule has 162 valence electrons. The number of carboxylic acids is 1. The summed E-state index contributed by atoms with van der Waals surface area (Å²) in [6.45, 7) is 2.05. The van der Waals surface area contributed by atoms with E-state index < -0.39 is 17.3 Å². The Morgan fingerprint density at radius 3 is 1.37 bits per heavy atom. The van der Waals surface area contributed by atoms with Crippen LogP contribution in [0.3, 0.4) is 0 Å². The van der Waals surface area contributed by atoms with Gasteiger partial charge < -0.3 is 5.11 Å². The van der Waals surface area contributed by atoms with Gasteiger partial charge in [0.2, 0.25) is 0 Å². The first kappa shape index (κ1) is 28.5. The number of carbonyl (C=O) groups is 1. The van der Waals surface area contributed by atoms with E-state index in [1.165, 1.54) is 0 Å². The van der Waals surface area contributed by atoms with Gasteiger partial charge in [-0.15, -0.1) is 17.0 Å². The highest BCUT2D eigenvalue weighted by Crippen LogP contribution is 2.44. The molecular formula is C25H33BrO2P2. The minimum Gasteiger partial charge on any atom is -0.481 e. The van der Waals surface area contributed by atoms with E-state index in [0.29, 0.717) is 12.8 Å². The van der Waals surface area contributed by atoms with Crippen molar-refractivity contribution in [2.45, 2.75) is 31.6 Å². The predicted octanol–water partition coefficient (Wildman–Crippen LogP) is 6.61. The van der Waals surface area contributed by atoms with Crippen LogP contribution in [0, 0.1) is 5.92 Å². The van der Waals surface area contributed by atoms with Gasteiger partial charge in [0.15, 0.2) is 0 Å². The molecule has 30 heavy (non-hydrogen) atoms. The summed E-state index contributed by atoms with van der Waals surface area (Å²) in [5.74, 6) is -1.13. The highest BCUT2D eigenvalue weighted by Gasteiger charge is 2.39. The highest BCUT2D eigenvalue weighted by molar-refractivity contribution is 8.93. The molecule has 0 saturated carbocycles. The van der Waals surface area contributed by atoms with E-state index in [-0.39, 0.29) is 36.8 Å². The van der Waals surface area contributed by atoms with Gasteiger partial charge >= 0.3 is 5.97 Å². The second kappa shape index (κ2) is 13.7. The first-order chi connectivity index (χ1) is 13.2. The van der Waals surface area contributed by atoms with Crippen LogP contribution in [-0.4, -0.2) is 11.1 Å². The average molecular weight is 507 g/mol. The fraction of sp³-hybridized carbons (Fsp3) is 0.240. The minimum absolute atomic E-state index is 0. The van der Waals surface area contributed by atoms with Crippen LogP contribution in [-0.2, 0) is 10.2 Å². The van der Waals surface area contributed by atoms with Gasteiger partial charge in [-0.05, 0) is 29.5 Å². The number of aliphatic carboxylic acids is 1. The van der Waals surface area contributed by atoms with Crippen molar-refractivity contribution in [3.05, 3.63) is 108 Å². The zero-order valence-electron chi connectivity index (χ0n) is 17.5. The number of rotatable bonds is 8. The Labute approximate surface area is 197 Å². The Kier molecular flexibility index (Phi) is 13.0. The smallest absolute Gasteiger partial charge is 0.306 e. The molecule has 3 aromatic rings. The van der Waals surface area contributed by atoms with Crippen molar-refractivity contribution in [1.82, 2.24) is 0 Å². The molecule has 0 spiro atoms. The molecule has 3 atom stereocenters. The van der Waals surface area contributed by atoms with Crippen LogP contribution in [0.2, 0.25) is 0 Å². The first-order valence-corrected chi connectivity index (χ1v) is 9.58. The van der Waals surface area contributed by atoms with E-state index in [0.717, 1.165) is 23.1 Å². The monoisotopic (exact) mass is 506 g/mol. The second-order valence-corrected chi connectivity index (χ2v) is 7.03. The number of benzene rings is 3. The summed E-state index contributed by atoms with van der Waals surface area (Å²) in [6.07, 6.45) is 2.06. The lowest BCUT2D eigenvalue weighted by molar-refractivity contribution is -0.142. The molecule has 3 aromatic carbocycles. The summed E-state index contributed by atoms with van der Waals surface area (Å²) in [6, 6.07) is 30.9. The Morgan fingerprint density at radius 2 is 1.10 bits per heavy atom. The summed E-state index contributed by atoms with van der Waals surface area (Å²) < 4.78 is 0. The van der Waals surface area contributed by atoms with Gasteiger partial charge in [0.1, 0.15) is 0 Å². The van der Waals surface area contributed by atoms with Crippen LogP contribution >= 0.6 is 36.8 Å². The zero-order chi connectivity index (χ0) is 19.1. The fourth-order valence-electron chi connectivity index (χ4n) is 4.05. The van der Waals surface area contributed by atoms with Crippen molar-refractivity contribution in [3.8, 4) is 0 Å². The maximum atomic E-state index is 12.1. The molecule has 0 aromatic heterocycles. The zero-order valence-corrected chi connectivity index (χ0v) is 22.1. The van der Waals surface area contributed by atoms with Crippen molar-refractivity contribution in [3.63, 3.8) is 0 Å². The van der Waals surface area contributed by atoms with Gasteiger partial charge in [0.05, 0.1) is 5.92 Å². The van der Waals surface area contributed by atoms with Gasteiger partial charge in [-0.1, -0.05) is 104 Å². The predicted molar refractivity (Wildman–Crippen MR) is 142 cm³/mol. The highest BCUT2D eigenvalue weighted by atomic mass is 79.9. The molecule has 0 bridgehead atoms. The second-order valence-electron chi connectivity index (χ2n) is 7.03. The number of carboxylic acid groups (broad SMARTS) is 1. The molecule has 0 radical (unpaired) electrons. The maximum Gasteiger partial charge on any atom is 0.306 e. The lowest BCUT2D eigenvalue weighted by Crippen LogP contribution is -2.34. The molecule has 1 N–H and O–H groups in total. The molecular weight excluding hydrogens is 474 g/mol. The lowest BCUT2D eigenvalue weighted by atomic mass is 9.64. The lowest BCUT2D eigenvalue weighted by Gasteiger charge is -2.38. The SMILES string of the molecule is Br.CCCC(CC(c1ccccc1)(c1ccccc1)c1ccccc1)C(=O)O.P.P. The van der Waals surface area contributed by atoms with Crippen LogP contribution in [0.5, 0.6) is 0 Å². The molecule has 0 aliphatic carbocycles. The molecule has 3 rings (SSSR count). The van der Waals surface area contributed by atoms with Gasteiger partial charge in [-0.25, -0.2) is 0 Å². The van der Waals surface area contributed by atoms with Crippen LogP contribution < -0.4 is 0 Å². The quantitative estimate of drug-likeness (QED) is 0.275. The summed E-state index contributed by atoms with van der Waals surface area (Å²) in [5.41, 5.74) is 2.89. The Morgan fingerprint density at radius 1 is 0.767 bits per heavy atom. The fourth-order valence-corrected chi connectivity index (χ4v) is 4.05. The molecule has 0 amide bonds. The average Bonchev–Trinajstić information content (AvgIpc) is 2.73. The van der Waals surface area contributed by atoms with Gasteiger partial charge in [0, 0.05) is 5.41 Å². The van der Waals surface area contributed by atoms with E-state index in [9.17, 15) is 9.90 Å². The maximum absolute atomic E-state index is 12.1. The third kappa shape index (κ3) is 6.24. The number of halogens is 1. The Balaban J connectivity index is 0.00000280. The van der Waals surface area contributed by atoms with Crippen LogP contribution in [0.1, 0.15) is 42.9 Å². The van der Waals surface area contributed by atoms with Gasteiger partial charge in [-0.3, -0.25) is 4.79 Å². The van der Waals surface area contributed by atoms with E-state index in [4.69, 9.17) is 0 Å². The molecule has 0 fully saturated rings. The van der Waals surface area contributed by atoms with Gasteiger partial charge in [0.25, 0.3) is 0 Å². The van der Waals surface area contributed by atoms with Crippen molar-refractivity contribution >= 4 is 42.7 Å². The third-order valence-electron chi connectivity index (χ3n) is 5.34.